The maximum absolute atomic E-state index is 10.6. The first-order chi connectivity index (χ1) is 4.96. The SMILES string of the molecule is CC1(C)C(O)CNC1C(=O)O. The lowest BCUT2D eigenvalue weighted by molar-refractivity contribution is -0.142. The second-order valence-corrected chi connectivity index (χ2v) is 3.52. The Balaban J connectivity index is 2.78. The van der Waals surface area contributed by atoms with Crippen molar-refractivity contribution in [2.75, 3.05) is 6.54 Å². The molecule has 0 saturated carbocycles. The van der Waals surface area contributed by atoms with Crippen molar-refractivity contribution in [1.82, 2.24) is 5.32 Å². The van der Waals surface area contributed by atoms with Crippen molar-refractivity contribution >= 4 is 5.97 Å². The van der Waals surface area contributed by atoms with Crippen LogP contribution in [-0.2, 0) is 4.79 Å². The van der Waals surface area contributed by atoms with Crippen LogP contribution >= 0.6 is 0 Å². The second kappa shape index (κ2) is 2.46. The molecule has 4 heteroatoms. The van der Waals surface area contributed by atoms with Crippen LogP contribution in [0.5, 0.6) is 0 Å². The molecule has 1 aliphatic heterocycles. The van der Waals surface area contributed by atoms with Gasteiger partial charge in [-0.15, -0.1) is 0 Å². The number of hydrogen-bond acceptors (Lipinski definition) is 3. The second-order valence-electron chi connectivity index (χ2n) is 3.52. The van der Waals surface area contributed by atoms with E-state index in [9.17, 15) is 9.90 Å². The minimum atomic E-state index is -0.897. The van der Waals surface area contributed by atoms with E-state index in [0.717, 1.165) is 0 Å². The number of nitrogens with one attached hydrogen (secondary N) is 1. The Hall–Kier alpha value is -0.610. The van der Waals surface area contributed by atoms with Gasteiger partial charge in [-0.3, -0.25) is 4.79 Å². The Bertz CT molecular complexity index is 179. The molecule has 0 radical (unpaired) electrons. The summed E-state index contributed by atoms with van der Waals surface area (Å²) < 4.78 is 0. The molecule has 1 fully saturated rings. The largest absolute Gasteiger partial charge is 0.480 e. The number of aliphatic hydroxyl groups is 1. The molecule has 3 N–H and O–H groups in total. The van der Waals surface area contributed by atoms with E-state index in [1.165, 1.54) is 0 Å². The van der Waals surface area contributed by atoms with Crippen LogP contribution in [0.2, 0.25) is 0 Å². The lowest BCUT2D eigenvalue weighted by Gasteiger charge is -2.25. The highest BCUT2D eigenvalue weighted by atomic mass is 16.4. The summed E-state index contributed by atoms with van der Waals surface area (Å²) in [4.78, 5) is 10.6. The number of carboxylic acids is 1. The molecule has 0 aromatic carbocycles. The van der Waals surface area contributed by atoms with Gasteiger partial charge in [-0.05, 0) is 0 Å². The molecular weight excluding hydrogens is 146 g/mol. The molecular formula is C7H13NO3. The molecule has 4 nitrogen and oxygen atoms in total. The number of aliphatic carboxylic acids is 1. The van der Waals surface area contributed by atoms with Crippen LogP contribution in [0.15, 0.2) is 0 Å². The van der Waals surface area contributed by atoms with Gasteiger partial charge in [0.25, 0.3) is 0 Å². The summed E-state index contributed by atoms with van der Waals surface area (Å²) >= 11 is 0. The summed E-state index contributed by atoms with van der Waals surface area (Å²) in [6.07, 6.45) is -0.566. The zero-order valence-corrected chi connectivity index (χ0v) is 6.66. The van der Waals surface area contributed by atoms with E-state index in [2.05, 4.69) is 5.32 Å². The van der Waals surface area contributed by atoms with Crippen LogP contribution in [0, 0.1) is 5.41 Å². The predicted molar refractivity (Wildman–Crippen MR) is 39.2 cm³/mol. The van der Waals surface area contributed by atoms with Crippen LogP contribution in [0.25, 0.3) is 0 Å². The fourth-order valence-electron chi connectivity index (χ4n) is 1.35. The van der Waals surface area contributed by atoms with E-state index in [1.54, 1.807) is 13.8 Å². The summed E-state index contributed by atoms with van der Waals surface area (Å²) in [5, 5.41) is 20.8. The first-order valence-electron chi connectivity index (χ1n) is 3.60. The summed E-state index contributed by atoms with van der Waals surface area (Å²) in [6, 6.07) is -0.627. The van der Waals surface area contributed by atoms with Crippen LogP contribution in [0.1, 0.15) is 13.8 Å². The Morgan fingerprint density at radius 1 is 1.64 bits per heavy atom. The Kier molecular flexibility index (Phi) is 1.90. The Morgan fingerprint density at radius 3 is 2.36 bits per heavy atom. The summed E-state index contributed by atoms with van der Waals surface area (Å²) in [7, 11) is 0. The molecule has 2 atom stereocenters. The molecule has 0 amide bonds. The third-order valence-electron chi connectivity index (χ3n) is 2.37. The highest BCUT2D eigenvalue weighted by Crippen LogP contribution is 2.30. The number of aliphatic hydroxyl groups excluding tert-OH is 1. The number of carbonyl (C=O) groups is 1. The van der Waals surface area contributed by atoms with Gasteiger partial charge in [0.15, 0.2) is 0 Å². The average Bonchev–Trinajstić information content (AvgIpc) is 2.08. The van der Waals surface area contributed by atoms with Crippen molar-refractivity contribution in [3.63, 3.8) is 0 Å². The standard InChI is InChI=1S/C7H13NO3/c1-7(2)4(9)3-8-5(7)6(10)11/h4-5,8-9H,3H2,1-2H3,(H,10,11). The predicted octanol–water partition coefficient (Wildman–Crippen LogP) is -0.570. The highest BCUT2D eigenvalue weighted by Gasteiger charge is 2.45. The quantitative estimate of drug-likeness (QED) is 0.479. The summed E-state index contributed by atoms with van der Waals surface area (Å²) in [6.45, 7) is 3.86. The van der Waals surface area contributed by atoms with Crippen LogP contribution in [-0.4, -0.2) is 34.9 Å². The van der Waals surface area contributed by atoms with E-state index in [1.807, 2.05) is 0 Å². The molecule has 0 bridgehead atoms. The zero-order valence-electron chi connectivity index (χ0n) is 6.66. The smallest absolute Gasteiger partial charge is 0.321 e. The minimum Gasteiger partial charge on any atom is -0.480 e. The molecule has 0 spiro atoms. The lowest BCUT2D eigenvalue weighted by atomic mass is 9.83. The van der Waals surface area contributed by atoms with Gasteiger partial charge in [-0.2, -0.15) is 0 Å². The number of hydrogen-bond donors (Lipinski definition) is 3. The topological polar surface area (TPSA) is 69.6 Å². The van der Waals surface area contributed by atoms with Crippen molar-refractivity contribution < 1.29 is 15.0 Å². The molecule has 1 aliphatic rings. The van der Waals surface area contributed by atoms with Gasteiger partial charge in [0, 0.05) is 12.0 Å². The number of β-amino-alcohol motifs (C(OH)–C–C–N with tert-alkyl or cyclic N) is 1. The van der Waals surface area contributed by atoms with E-state index in [4.69, 9.17) is 5.11 Å². The fourth-order valence-corrected chi connectivity index (χ4v) is 1.35. The molecule has 1 heterocycles. The molecule has 1 rings (SSSR count). The zero-order chi connectivity index (χ0) is 8.65. The van der Waals surface area contributed by atoms with E-state index < -0.39 is 23.5 Å². The molecule has 0 aliphatic carbocycles. The van der Waals surface area contributed by atoms with E-state index in [0.29, 0.717) is 6.54 Å². The first-order valence-corrected chi connectivity index (χ1v) is 3.60. The molecule has 0 aromatic rings. The maximum Gasteiger partial charge on any atom is 0.321 e. The maximum atomic E-state index is 10.6. The Morgan fingerprint density at radius 2 is 2.18 bits per heavy atom. The third-order valence-corrected chi connectivity index (χ3v) is 2.37. The van der Waals surface area contributed by atoms with Crippen molar-refractivity contribution in [1.29, 1.82) is 0 Å². The van der Waals surface area contributed by atoms with Gasteiger partial charge in [0.1, 0.15) is 6.04 Å². The van der Waals surface area contributed by atoms with Gasteiger partial charge in [0.2, 0.25) is 0 Å². The Labute approximate surface area is 65.2 Å². The number of rotatable bonds is 1. The summed E-state index contributed by atoms with van der Waals surface area (Å²) in [5.41, 5.74) is -0.564. The van der Waals surface area contributed by atoms with Gasteiger partial charge in [-0.25, -0.2) is 0 Å². The van der Waals surface area contributed by atoms with Gasteiger partial charge in [0.05, 0.1) is 6.10 Å². The van der Waals surface area contributed by atoms with Gasteiger partial charge in [-0.1, -0.05) is 13.8 Å². The van der Waals surface area contributed by atoms with E-state index in [-0.39, 0.29) is 0 Å². The number of carboxylic acid groups (broad SMARTS) is 1. The van der Waals surface area contributed by atoms with Crippen LogP contribution in [0.4, 0.5) is 0 Å². The summed E-state index contributed by atoms with van der Waals surface area (Å²) in [5.74, 6) is -0.897. The molecule has 1 saturated heterocycles. The lowest BCUT2D eigenvalue weighted by Crippen LogP contribution is -2.42. The van der Waals surface area contributed by atoms with Crippen molar-refractivity contribution in [2.24, 2.45) is 5.41 Å². The van der Waals surface area contributed by atoms with Crippen LogP contribution in [0.3, 0.4) is 0 Å². The van der Waals surface area contributed by atoms with E-state index >= 15 is 0 Å². The van der Waals surface area contributed by atoms with Crippen molar-refractivity contribution in [2.45, 2.75) is 26.0 Å². The normalized spacial score (nSPS) is 35.5. The molecule has 0 aromatic heterocycles. The van der Waals surface area contributed by atoms with Crippen LogP contribution < -0.4 is 5.32 Å². The minimum absolute atomic E-state index is 0.365. The van der Waals surface area contributed by atoms with Gasteiger partial charge < -0.3 is 15.5 Å². The van der Waals surface area contributed by atoms with Crippen molar-refractivity contribution in [3.8, 4) is 0 Å². The highest BCUT2D eigenvalue weighted by molar-refractivity contribution is 5.75. The monoisotopic (exact) mass is 159 g/mol. The molecule has 11 heavy (non-hydrogen) atoms. The first kappa shape index (κ1) is 8.49. The molecule has 2 unspecified atom stereocenters. The van der Waals surface area contributed by atoms with Crippen molar-refractivity contribution in [3.05, 3.63) is 0 Å². The fraction of sp³-hybridized carbons (Fsp3) is 0.857. The molecule has 64 valence electrons. The third kappa shape index (κ3) is 1.23. The average molecular weight is 159 g/mol. The van der Waals surface area contributed by atoms with Gasteiger partial charge >= 0.3 is 5.97 Å².